The van der Waals surface area contributed by atoms with Crippen LogP contribution < -0.4 is 5.32 Å². The summed E-state index contributed by atoms with van der Waals surface area (Å²) in [6.45, 7) is 1.91. The number of carboxylic acids is 1. The third-order valence-corrected chi connectivity index (χ3v) is 4.05. The van der Waals surface area contributed by atoms with Crippen LogP contribution in [0.15, 0.2) is 0 Å². The molecule has 1 heterocycles. The van der Waals surface area contributed by atoms with Gasteiger partial charge in [0.15, 0.2) is 0 Å². The molecule has 1 saturated carbocycles. The minimum atomic E-state index is -0.560. The molecule has 0 aromatic carbocycles. The van der Waals surface area contributed by atoms with E-state index in [1.54, 1.807) is 0 Å². The maximum Gasteiger partial charge on any atom is 0.307 e. The van der Waals surface area contributed by atoms with Gasteiger partial charge in [-0.3, -0.25) is 4.79 Å². The van der Waals surface area contributed by atoms with Crippen LogP contribution >= 0.6 is 0 Å². The van der Waals surface area contributed by atoms with Gasteiger partial charge in [-0.2, -0.15) is 0 Å². The summed E-state index contributed by atoms with van der Waals surface area (Å²) in [6.07, 6.45) is 7.07. The van der Waals surface area contributed by atoms with Gasteiger partial charge >= 0.3 is 5.97 Å². The number of carbonyl (C=O) groups is 1. The third kappa shape index (κ3) is 2.51. The molecule has 2 atom stereocenters. The van der Waals surface area contributed by atoms with Gasteiger partial charge in [0.1, 0.15) is 0 Å². The lowest BCUT2D eigenvalue weighted by Crippen LogP contribution is -2.33. The summed E-state index contributed by atoms with van der Waals surface area (Å²) in [5.41, 5.74) is 0. The Hall–Kier alpha value is -0.570. The number of hydrogen-bond donors (Lipinski definition) is 2. The number of rotatable bonds is 3. The Morgan fingerprint density at radius 1 is 1.13 bits per heavy atom. The van der Waals surface area contributed by atoms with E-state index in [1.807, 2.05) is 0 Å². The molecule has 15 heavy (non-hydrogen) atoms. The highest BCUT2D eigenvalue weighted by atomic mass is 16.4. The highest BCUT2D eigenvalue weighted by Gasteiger charge is 2.36. The lowest BCUT2D eigenvalue weighted by Gasteiger charge is -2.30. The summed E-state index contributed by atoms with van der Waals surface area (Å²) in [6, 6.07) is 0. The number of nitrogens with one attached hydrogen (secondary N) is 1. The fourth-order valence-corrected chi connectivity index (χ4v) is 3.26. The summed E-state index contributed by atoms with van der Waals surface area (Å²) in [5.74, 6) is 0.183. The van der Waals surface area contributed by atoms with Crippen LogP contribution in [0.5, 0.6) is 0 Å². The molecule has 1 aliphatic heterocycles. The van der Waals surface area contributed by atoms with Gasteiger partial charge in [0.2, 0.25) is 0 Å². The van der Waals surface area contributed by atoms with Crippen molar-refractivity contribution in [1.82, 2.24) is 5.32 Å². The largest absolute Gasteiger partial charge is 0.481 e. The van der Waals surface area contributed by atoms with E-state index >= 15 is 0 Å². The van der Waals surface area contributed by atoms with E-state index in [2.05, 4.69) is 5.32 Å². The first-order valence-corrected chi connectivity index (χ1v) is 6.22. The highest BCUT2D eigenvalue weighted by Crippen LogP contribution is 2.36. The Morgan fingerprint density at radius 3 is 2.40 bits per heavy atom. The molecule has 2 N–H and O–H groups in total. The fraction of sp³-hybridized carbons (Fsp3) is 0.917. The zero-order valence-corrected chi connectivity index (χ0v) is 9.24. The molecule has 0 amide bonds. The molecule has 3 nitrogen and oxygen atoms in total. The van der Waals surface area contributed by atoms with Gasteiger partial charge in [0.25, 0.3) is 0 Å². The zero-order valence-electron chi connectivity index (χ0n) is 9.24. The predicted molar refractivity (Wildman–Crippen MR) is 58.7 cm³/mol. The van der Waals surface area contributed by atoms with Gasteiger partial charge in [0.05, 0.1) is 5.92 Å². The van der Waals surface area contributed by atoms with Crippen molar-refractivity contribution in [1.29, 1.82) is 0 Å². The topological polar surface area (TPSA) is 49.3 Å². The zero-order chi connectivity index (χ0) is 10.7. The summed E-state index contributed by atoms with van der Waals surface area (Å²) >= 11 is 0. The van der Waals surface area contributed by atoms with Crippen LogP contribution in [0.1, 0.15) is 38.5 Å². The SMILES string of the molecule is O=C(O)C(C1CCCCC1)C1CCNC1. The van der Waals surface area contributed by atoms with Crippen LogP contribution in [0.3, 0.4) is 0 Å². The molecule has 86 valence electrons. The van der Waals surface area contributed by atoms with Crippen molar-refractivity contribution in [3.8, 4) is 0 Å². The normalized spacial score (nSPS) is 30.3. The van der Waals surface area contributed by atoms with Crippen LogP contribution in [0, 0.1) is 17.8 Å². The Bertz CT molecular complexity index is 218. The fourth-order valence-electron chi connectivity index (χ4n) is 3.26. The van der Waals surface area contributed by atoms with Gasteiger partial charge in [-0.25, -0.2) is 0 Å². The van der Waals surface area contributed by atoms with Crippen LogP contribution in [0.2, 0.25) is 0 Å². The van der Waals surface area contributed by atoms with Gasteiger partial charge in [-0.05, 0) is 44.2 Å². The van der Waals surface area contributed by atoms with E-state index in [-0.39, 0.29) is 5.92 Å². The van der Waals surface area contributed by atoms with E-state index in [9.17, 15) is 9.90 Å². The van der Waals surface area contributed by atoms with Gasteiger partial charge in [0, 0.05) is 0 Å². The van der Waals surface area contributed by atoms with Crippen molar-refractivity contribution >= 4 is 5.97 Å². The number of aliphatic carboxylic acids is 1. The average Bonchev–Trinajstić information content (AvgIpc) is 2.72. The summed E-state index contributed by atoms with van der Waals surface area (Å²) in [4.78, 5) is 11.4. The van der Waals surface area contributed by atoms with Gasteiger partial charge in [-0.1, -0.05) is 19.3 Å². The molecule has 0 radical (unpaired) electrons. The molecule has 0 aromatic heterocycles. The molecule has 3 heteroatoms. The Balaban J connectivity index is 2.00. The Labute approximate surface area is 91.2 Å². The summed E-state index contributed by atoms with van der Waals surface area (Å²) in [7, 11) is 0. The van der Waals surface area contributed by atoms with Crippen molar-refractivity contribution < 1.29 is 9.90 Å². The molecule has 0 aromatic rings. The molecule has 2 aliphatic rings. The van der Waals surface area contributed by atoms with Gasteiger partial charge in [-0.15, -0.1) is 0 Å². The maximum absolute atomic E-state index is 11.4. The minimum Gasteiger partial charge on any atom is -0.481 e. The monoisotopic (exact) mass is 211 g/mol. The third-order valence-electron chi connectivity index (χ3n) is 4.05. The van der Waals surface area contributed by atoms with Crippen LogP contribution in [-0.2, 0) is 4.79 Å². The summed E-state index contributed by atoms with van der Waals surface area (Å²) < 4.78 is 0. The molecule has 0 spiro atoms. The average molecular weight is 211 g/mol. The molecule has 1 aliphatic carbocycles. The van der Waals surface area contributed by atoms with E-state index < -0.39 is 5.97 Å². The highest BCUT2D eigenvalue weighted by molar-refractivity contribution is 5.70. The van der Waals surface area contributed by atoms with Crippen molar-refractivity contribution in [3.63, 3.8) is 0 Å². The second-order valence-corrected chi connectivity index (χ2v) is 5.01. The lowest BCUT2D eigenvalue weighted by molar-refractivity contribution is -0.146. The number of carboxylic acid groups (broad SMARTS) is 1. The van der Waals surface area contributed by atoms with Gasteiger partial charge < -0.3 is 10.4 Å². The molecular formula is C12H21NO2. The molecular weight excluding hydrogens is 190 g/mol. The quantitative estimate of drug-likeness (QED) is 0.749. The van der Waals surface area contributed by atoms with Crippen molar-refractivity contribution in [2.24, 2.45) is 17.8 Å². The first-order valence-electron chi connectivity index (χ1n) is 6.22. The Morgan fingerprint density at radius 2 is 1.87 bits per heavy atom. The predicted octanol–water partition coefficient (Wildman–Crippen LogP) is 1.88. The Kier molecular flexibility index (Phi) is 3.62. The second kappa shape index (κ2) is 4.97. The van der Waals surface area contributed by atoms with Crippen LogP contribution in [0.25, 0.3) is 0 Å². The minimum absolute atomic E-state index is 0.0831. The van der Waals surface area contributed by atoms with Crippen molar-refractivity contribution in [2.75, 3.05) is 13.1 Å². The molecule has 0 bridgehead atoms. The van der Waals surface area contributed by atoms with Crippen LogP contribution in [0.4, 0.5) is 0 Å². The standard InChI is InChI=1S/C12H21NO2/c14-12(15)11(10-6-7-13-8-10)9-4-2-1-3-5-9/h9-11,13H,1-8H2,(H,14,15). The van der Waals surface area contributed by atoms with E-state index in [0.717, 1.165) is 32.4 Å². The van der Waals surface area contributed by atoms with Crippen LogP contribution in [-0.4, -0.2) is 24.2 Å². The maximum atomic E-state index is 11.4. The molecule has 2 unspecified atom stereocenters. The first-order chi connectivity index (χ1) is 7.29. The lowest BCUT2D eigenvalue weighted by atomic mass is 9.74. The molecule has 2 fully saturated rings. The van der Waals surface area contributed by atoms with E-state index in [1.165, 1.54) is 19.3 Å². The van der Waals surface area contributed by atoms with E-state index in [0.29, 0.717) is 11.8 Å². The molecule has 1 saturated heterocycles. The van der Waals surface area contributed by atoms with E-state index in [4.69, 9.17) is 0 Å². The second-order valence-electron chi connectivity index (χ2n) is 5.01. The van der Waals surface area contributed by atoms with Crippen molar-refractivity contribution in [3.05, 3.63) is 0 Å². The number of hydrogen-bond acceptors (Lipinski definition) is 2. The smallest absolute Gasteiger partial charge is 0.307 e. The first kappa shape index (κ1) is 10.9. The van der Waals surface area contributed by atoms with Crippen molar-refractivity contribution in [2.45, 2.75) is 38.5 Å². The summed E-state index contributed by atoms with van der Waals surface area (Å²) in [5, 5.41) is 12.6. The molecule has 2 rings (SSSR count).